The summed E-state index contributed by atoms with van der Waals surface area (Å²) in [7, 11) is 0. The van der Waals surface area contributed by atoms with Crippen LogP contribution in [0.4, 0.5) is 0 Å². The molecule has 0 aliphatic carbocycles. The number of H-pyrrole nitrogens is 1. The van der Waals surface area contributed by atoms with Crippen molar-refractivity contribution in [1.82, 2.24) is 19.9 Å². The van der Waals surface area contributed by atoms with E-state index in [1.54, 1.807) is 12.3 Å². The summed E-state index contributed by atoms with van der Waals surface area (Å²) in [6.07, 6.45) is 1.76. The summed E-state index contributed by atoms with van der Waals surface area (Å²) in [5, 5.41) is 0.979. The number of aromatic nitrogens is 4. The number of fused-ring (bicyclic) bond motifs is 2. The van der Waals surface area contributed by atoms with E-state index in [1.165, 1.54) is 0 Å². The smallest absolute Gasteiger partial charge is 0.210 e. The van der Waals surface area contributed by atoms with Crippen LogP contribution in [-0.2, 0) is 0 Å². The van der Waals surface area contributed by atoms with Crippen molar-refractivity contribution < 1.29 is 4.42 Å². The highest BCUT2D eigenvalue weighted by atomic mass is 16.3. The first-order valence-corrected chi connectivity index (χ1v) is 10.6. The molecule has 0 aliphatic rings. The fraction of sp³-hybridized carbons (Fsp3) is 0.0370. The molecule has 2 aromatic carbocycles. The fourth-order valence-corrected chi connectivity index (χ4v) is 3.99. The van der Waals surface area contributed by atoms with Crippen LogP contribution in [0.15, 0.2) is 94.3 Å². The zero-order chi connectivity index (χ0) is 22.4. The molecule has 0 radical (unpaired) electrons. The number of hydrogen-bond acceptors (Lipinski definition) is 5. The molecule has 6 rings (SSSR count). The first kappa shape index (κ1) is 19.1. The third kappa shape index (κ3) is 3.38. The lowest BCUT2D eigenvalue weighted by molar-refractivity contribution is 0.546. The normalized spacial score (nSPS) is 11.3. The van der Waals surface area contributed by atoms with E-state index in [-0.39, 0.29) is 10.9 Å². The van der Waals surface area contributed by atoms with E-state index < -0.39 is 0 Å². The van der Waals surface area contributed by atoms with Crippen LogP contribution < -0.4 is 5.43 Å². The number of furan rings is 1. The molecular weight excluding hydrogens is 412 g/mol. The average molecular weight is 430 g/mol. The predicted molar refractivity (Wildman–Crippen MR) is 129 cm³/mol. The van der Waals surface area contributed by atoms with E-state index in [0.29, 0.717) is 28.5 Å². The van der Waals surface area contributed by atoms with E-state index in [9.17, 15) is 4.79 Å². The summed E-state index contributed by atoms with van der Waals surface area (Å²) in [4.78, 5) is 30.4. The van der Waals surface area contributed by atoms with Gasteiger partial charge in [-0.15, -0.1) is 0 Å². The molecule has 0 bridgehead atoms. The zero-order valence-electron chi connectivity index (χ0n) is 17.7. The number of pyridine rings is 2. The van der Waals surface area contributed by atoms with Crippen molar-refractivity contribution in [1.29, 1.82) is 0 Å². The van der Waals surface area contributed by atoms with Gasteiger partial charge in [-0.2, -0.15) is 0 Å². The molecule has 0 saturated carbocycles. The Labute approximate surface area is 188 Å². The number of aryl methyl sites for hydroxylation is 1. The van der Waals surface area contributed by atoms with Gasteiger partial charge in [0.1, 0.15) is 17.1 Å². The van der Waals surface area contributed by atoms with Gasteiger partial charge in [-0.1, -0.05) is 42.5 Å². The molecule has 0 saturated heterocycles. The Morgan fingerprint density at radius 1 is 0.818 bits per heavy atom. The van der Waals surface area contributed by atoms with Gasteiger partial charge in [0.15, 0.2) is 16.9 Å². The lowest BCUT2D eigenvalue weighted by Crippen LogP contribution is -2.08. The standard InChI is InChI=1S/C27H18N4O2/c1-16-9-12-23(33-16)26-24(19-10-11-20-18(14-19)8-5-13-28-20)30-25-22(32)15-21(29-27(25)31-26)17-6-3-2-4-7-17/h2-15H,1H3,(H,29,31,32). The Balaban J connectivity index is 1.63. The van der Waals surface area contributed by atoms with Gasteiger partial charge < -0.3 is 9.40 Å². The minimum Gasteiger partial charge on any atom is -0.460 e. The second-order valence-corrected chi connectivity index (χ2v) is 7.85. The molecule has 0 amide bonds. The second kappa shape index (κ2) is 7.53. The monoisotopic (exact) mass is 430 g/mol. The van der Waals surface area contributed by atoms with Crippen LogP contribution in [0.25, 0.3) is 56.0 Å². The predicted octanol–water partition coefficient (Wildman–Crippen LogP) is 5.77. The minimum atomic E-state index is -0.194. The molecule has 0 unspecified atom stereocenters. The van der Waals surface area contributed by atoms with Gasteiger partial charge >= 0.3 is 0 Å². The fourth-order valence-electron chi connectivity index (χ4n) is 3.99. The molecule has 4 heterocycles. The van der Waals surface area contributed by atoms with Gasteiger partial charge in [-0.05, 0) is 42.8 Å². The molecule has 33 heavy (non-hydrogen) atoms. The molecule has 0 atom stereocenters. The van der Waals surface area contributed by atoms with Crippen molar-refractivity contribution in [3.63, 3.8) is 0 Å². The maximum atomic E-state index is 13.1. The molecule has 1 N–H and O–H groups in total. The van der Waals surface area contributed by atoms with Gasteiger partial charge in [0.05, 0.1) is 11.2 Å². The molecular formula is C27H18N4O2. The number of nitrogens with one attached hydrogen (secondary N) is 1. The van der Waals surface area contributed by atoms with Gasteiger partial charge in [0.25, 0.3) is 0 Å². The maximum Gasteiger partial charge on any atom is 0.210 e. The van der Waals surface area contributed by atoms with Crippen molar-refractivity contribution in [3.05, 3.63) is 101 Å². The van der Waals surface area contributed by atoms with Gasteiger partial charge in [0.2, 0.25) is 5.43 Å². The number of hydrogen-bond donors (Lipinski definition) is 1. The summed E-state index contributed by atoms with van der Waals surface area (Å²) in [5.41, 5.74) is 4.96. The van der Waals surface area contributed by atoms with Crippen LogP contribution in [0.5, 0.6) is 0 Å². The minimum absolute atomic E-state index is 0.194. The molecule has 0 fully saturated rings. The largest absolute Gasteiger partial charge is 0.460 e. The van der Waals surface area contributed by atoms with Crippen LogP contribution in [0.3, 0.4) is 0 Å². The molecule has 158 valence electrons. The summed E-state index contributed by atoms with van der Waals surface area (Å²) in [6, 6.07) is 24.8. The number of rotatable bonds is 3. The number of nitrogens with zero attached hydrogens (tertiary/aromatic N) is 3. The maximum absolute atomic E-state index is 13.1. The van der Waals surface area contributed by atoms with Crippen LogP contribution in [0, 0.1) is 6.92 Å². The average Bonchev–Trinajstić information content (AvgIpc) is 3.29. The van der Waals surface area contributed by atoms with Gasteiger partial charge in [0, 0.05) is 23.2 Å². The zero-order valence-corrected chi connectivity index (χ0v) is 17.7. The first-order chi connectivity index (χ1) is 16.2. The summed E-state index contributed by atoms with van der Waals surface area (Å²) >= 11 is 0. The highest BCUT2D eigenvalue weighted by molar-refractivity contribution is 5.89. The molecule has 6 nitrogen and oxygen atoms in total. The number of benzene rings is 2. The van der Waals surface area contributed by atoms with E-state index in [1.807, 2.05) is 79.7 Å². The van der Waals surface area contributed by atoms with Crippen molar-refractivity contribution in [2.45, 2.75) is 6.92 Å². The van der Waals surface area contributed by atoms with Crippen LogP contribution >= 0.6 is 0 Å². The molecule has 4 aromatic heterocycles. The third-order valence-electron chi connectivity index (χ3n) is 5.59. The SMILES string of the molecule is Cc1ccc(-c2nc3[nH]c(-c4ccccc4)cc(=O)c3nc2-c2ccc3ncccc3c2)o1. The molecule has 6 aromatic rings. The Bertz CT molecular complexity index is 1700. The summed E-state index contributed by atoms with van der Waals surface area (Å²) < 4.78 is 5.91. The Hall–Kier alpha value is -4.58. The Morgan fingerprint density at radius 3 is 2.52 bits per heavy atom. The van der Waals surface area contributed by atoms with Crippen molar-refractivity contribution in [3.8, 4) is 34.0 Å². The Kier molecular flexibility index (Phi) is 4.36. The van der Waals surface area contributed by atoms with Crippen molar-refractivity contribution in [2.75, 3.05) is 0 Å². The lowest BCUT2D eigenvalue weighted by atomic mass is 10.0. The lowest BCUT2D eigenvalue weighted by Gasteiger charge is -2.10. The highest BCUT2D eigenvalue weighted by Crippen LogP contribution is 2.33. The van der Waals surface area contributed by atoms with Crippen LogP contribution in [-0.4, -0.2) is 19.9 Å². The van der Waals surface area contributed by atoms with Crippen molar-refractivity contribution in [2.24, 2.45) is 0 Å². The topological polar surface area (TPSA) is 84.7 Å². The van der Waals surface area contributed by atoms with E-state index >= 15 is 0 Å². The van der Waals surface area contributed by atoms with E-state index in [4.69, 9.17) is 14.4 Å². The van der Waals surface area contributed by atoms with Crippen molar-refractivity contribution >= 4 is 22.1 Å². The van der Waals surface area contributed by atoms with Crippen LogP contribution in [0.2, 0.25) is 0 Å². The molecule has 6 heteroatoms. The van der Waals surface area contributed by atoms with E-state index in [2.05, 4.69) is 9.97 Å². The molecule has 0 spiro atoms. The van der Waals surface area contributed by atoms with Gasteiger partial charge in [-0.25, -0.2) is 9.97 Å². The van der Waals surface area contributed by atoms with Crippen LogP contribution in [0.1, 0.15) is 5.76 Å². The highest BCUT2D eigenvalue weighted by Gasteiger charge is 2.18. The first-order valence-electron chi connectivity index (χ1n) is 10.6. The molecule has 0 aliphatic heterocycles. The van der Waals surface area contributed by atoms with Gasteiger partial charge in [-0.3, -0.25) is 9.78 Å². The summed E-state index contributed by atoms with van der Waals surface area (Å²) in [6.45, 7) is 1.88. The Morgan fingerprint density at radius 2 is 1.70 bits per heavy atom. The number of aromatic amines is 1. The quantitative estimate of drug-likeness (QED) is 0.385. The third-order valence-corrected chi connectivity index (χ3v) is 5.59. The second-order valence-electron chi connectivity index (χ2n) is 7.85. The summed E-state index contributed by atoms with van der Waals surface area (Å²) in [5.74, 6) is 1.36. The van der Waals surface area contributed by atoms with E-state index in [0.717, 1.165) is 27.8 Å².